The van der Waals surface area contributed by atoms with Crippen LogP contribution in [0.2, 0.25) is 0 Å². The van der Waals surface area contributed by atoms with Crippen LogP contribution in [0.15, 0.2) is 54.6 Å². The van der Waals surface area contributed by atoms with E-state index in [0.717, 1.165) is 34.0 Å². The Kier molecular flexibility index (Phi) is 9.80. The number of halogens is 2. The molecule has 2 heterocycles. The Morgan fingerprint density at radius 2 is 1.97 bits per heavy atom. The number of alkyl halides is 2. The Labute approximate surface area is 214 Å². The molecule has 5 nitrogen and oxygen atoms in total. The number of carbonyl (C=O) groups excluding carboxylic acids is 1. The van der Waals surface area contributed by atoms with E-state index in [1.165, 1.54) is 23.8 Å². The summed E-state index contributed by atoms with van der Waals surface area (Å²) in [5, 5.41) is 19.5. The summed E-state index contributed by atoms with van der Waals surface area (Å²) < 4.78 is 28.3. The molecule has 0 saturated carbocycles. The Morgan fingerprint density at radius 3 is 2.67 bits per heavy atom. The highest BCUT2D eigenvalue weighted by Gasteiger charge is 2.52. The van der Waals surface area contributed by atoms with Crippen LogP contribution in [-0.2, 0) is 17.6 Å². The van der Waals surface area contributed by atoms with E-state index < -0.39 is 36.4 Å². The fourth-order valence-electron chi connectivity index (χ4n) is 4.04. The number of benzene rings is 1. The number of hydrogen-bond donors (Lipinski definition) is 2. The molecular formula is C28H31F2NO4S. The Morgan fingerprint density at radius 1 is 1.22 bits per heavy atom. The van der Waals surface area contributed by atoms with Gasteiger partial charge in [-0.2, -0.15) is 8.78 Å². The standard InChI is InChI=1S/C28H31F2NO4S/c1-20(9-4-2-5-10-21-11-6-3-7-12-21)24(32)16-14-22-19-28(29,30)27(35)31(22)18-8-13-23-15-17-25(36-23)26(33)34/h3,6-7,11-12,14-17,20,22,24,32H,5,8-10,13,18-19H2,1H3,(H,33,34)/b16-14+/t20-,22+,24-/m1/s1. The minimum Gasteiger partial charge on any atom is -0.477 e. The normalized spacial score (nSPS) is 18.7. The zero-order chi connectivity index (χ0) is 26.1. The van der Waals surface area contributed by atoms with Gasteiger partial charge < -0.3 is 15.1 Å². The number of carbonyl (C=O) groups is 2. The first-order chi connectivity index (χ1) is 17.2. The van der Waals surface area contributed by atoms with E-state index in [1.807, 2.05) is 25.1 Å². The van der Waals surface area contributed by atoms with Gasteiger partial charge in [-0.15, -0.1) is 23.2 Å². The monoisotopic (exact) mass is 515 g/mol. The predicted octanol–water partition coefficient (Wildman–Crippen LogP) is 5.19. The minimum absolute atomic E-state index is 0.127. The van der Waals surface area contributed by atoms with E-state index >= 15 is 0 Å². The largest absolute Gasteiger partial charge is 0.477 e. The van der Waals surface area contributed by atoms with Gasteiger partial charge in [-0.05, 0) is 42.9 Å². The van der Waals surface area contributed by atoms with Crippen LogP contribution in [0.3, 0.4) is 0 Å². The summed E-state index contributed by atoms with van der Waals surface area (Å²) in [5.74, 6) is 0.370. The van der Waals surface area contributed by atoms with E-state index in [4.69, 9.17) is 5.11 Å². The molecule has 1 saturated heterocycles. The number of thiophene rings is 1. The molecule has 36 heavy (non-hydrogen) atoms. The maximum Gasteiger partial charge on any atom is 0.345 e. The maximum atomic E-state index is 14.2. The number of amides is 1. The third kappa shape index (κ3) is 7.74. The first-order valence-electron chi connectivity index (χ1n) is 12.0. The van der Waals surface area contributed by atoms with Crippen molar-refractivity contribution in [1.82, 2.24) is 4.90 Å². The van der Waals surface area contributed by atoms with Crippen LogP contribution in [-0.4, -0.2) is 51.6 Å². The van der Waals surface area contributed by atoms with Crippen LogP contribution in [0.1, 0.15) is 52.7 Å². The summed E-state index contributed by atoms with van der Waals surface area (Å²) >= 11 is 1.14. The fourth-order valence-corrected chi connectivity index (χ4v) is 4.92. The molecule has 192 valence electrons. The molecule has 0 unspecified atom stereocenters. The Bertz CT molecular complexity index is 1120. The lowest BCUT2D eigenvalue weighted by molar-refractivity contribution is -0.148. The average Bonchev–Trinajstić information content (AvgIpc) is 3.41. The number of nitrogens with zero attached hydrogens (tertiary/aromatic N) is 1. The summed E-state index contributed by atoms with van der Waals surface area (Å²) in [5.41, 5.74) is 1.22. The van der Waals surface area contributed by atoms with Gasteiger partial charge in [0.05, 0.1) is 12.1 Å². The van der Waals surface area contributed by atoms with Crippen molar-refractivity contribution >= 4 is 23.2 Å². The molecule has 3 rings (SSSR count). The molecule has 1 aromatic heterocycles. The van der Waals surface area contributed by atoms with Gasteiger partial charge in [0.1, 0.15) is 4.88 Å². The number of hydrogen-bond acceptors (Lipinski definition) is 4. The van der Waals surface area contributed by atoms with Gasteiger partial charge in [0, 0.05) is 30.7 Å². The third-order valence-corrected chi connectivity index (χ3v) is 7.31. The summed E-state index contributed by atoms with van der Waals surface area (Å²) in [6.45, 7) is 1.97. The lowest BCUT2D eigenvalue weighted by Crippen LogP contribution is -2.36. The second-order valence-electron chi connectivity index (χ2n) is 9.05. The molecule has 0 radical (unpaired) electrons. The molecule has 2 N–H and O–H groups in total. The van der Waals surface area contributed by atoms with Crippen LogP contribution in [0.4, 0.5) is 8.78 Å². The number of rotatable bonds is 11. The second-order valence-corrected chi connectivity index (χ2v) is 10.2. The number of aryl methyl sites for hydroxylation is 2. The SMILES string of the molecule is C[C@H](CC#CCCc1ccccc1)[C@H](O)/C=C/[C@H]1CC(F)(F)C(=O)N1CCCc1ccc(C(=O)O)s1. The topological polar surface area (TPSA) is 77.8 Å². The lowest BCUT2D eigenvalue weighted by atomic mass is 9.99. The van der Waals surface area contributed by atoms with Crippen molar-refractivity contribution in [2.45, 2.75) is 63.5 Å². The number of likely N-dealkylation sites (tertiary alicyclic amines) is 1. The van der Waals surface area contributed by atoms with E-state index in [1.54, 1.807) is 6.07 Å². The maximum absolute atomic E-state index is 14.2. The minimum atomic E-state index is -3.44. The van der Waals surface area contributed by atoms with Gasteiger partial charge in [-0.3, -0.25) is 4.79 Å². The number of aromatic carboxylic acids is 1. The van der Waals surface area contributed by atoms with Crippen LogP contribution >= 0.6 is 11.3 Å². The van der Waals surface area contributed by atoms with Crippen molar-refractivity contribution in [3.05, 3.63) is 69.9 Å². The van der Waals surface area contributed by atoms with Gasteiger partial charge in [0.2, 0.25) is 0 Å². The highest BCUT2D eigenvalue weighted by molar-refractivity contribution is 7.13. The van der Waals surface area contributed by atoms with Crippen molar-refractivity contribution in [2.24, 2.45) is 5.92 Å². The Hall–Kier alpha value is -3.02. The molecule has 8 heteroatoms. The first-order valence-corrected chi connectivity index (χ1v) is 12.9. The zero-order valence-electron chi connectivity index (χ0n) is 20.2. The van der Waals surface area contributed by atoms with Crippen molar-refractivity contribution in [3.63, 3.8) is 0 Å². The average molecular weight is 516 g/mol. The van der Waals surface area contributed by atoms with Gasteiger partial charge >= 0.3 is 11.9 Å². The highest BCUT2D eigenvalue weighted by atomic mass is 32.1. The molecule has 0 spiro atoms. The lowest BCUT2D eigenvalue weighted by Gasteiger charge is -2.22. The van der Waals surface area contributed by atoms with E-state index in [-0.39, 0.29) is 17.3 Å². The summed E-state index contributed by atoms with van der Waals surface area (Å²) in [4.78, 5) is 25.5. The molecule has 1 aromatic carbocycles. The van der Waals surface area contributed by atoms with E-state index in [9.17, 15) is 23.5 Å². The summed E-state index contributed by atoms with van der Waals surface area (Å²) in [6.07, 6.45) is 4.48. The van der Waals surface area contributed by atoms with Crippen LogP contribution in [0, 0.1) is 17.8 Å². The first kappa shape index (κ1) is 27.6. The zero-order valence-corrected chi connectivity index (χ0v) is 21.0. The molecule has 1 amide bonds. The number of aliphatic hydroxyl groups is 1. The predicted molar refractivity (Wildman–Crippen MR) is 136 cm³/mol. The number of aliphatic hydroxyl groups excluding tert-OH is 1. The molecule has 0 aliphatic carbocycles. The van der Waals surface area contributed by atoms with Gasteiger partial charge in [-0.1, -0.05) is 49.4 Å². The second kappa shape index (κ2) is 12.8. The third-order valence-electron chi connectivity index (χ3n) is 6.18. The summed E-state index contributed by atoms with van der Waals surface area (Å²) in [7, 11) is 0. The number of carboxylic acids is 1. The smallest absolute Gasteiger partial charge is 0.345 e. The van der Waals surface area contributed by atoms with Gasteiger partial charge in [0.15, 0.2) is 0 Å². The van der Waals surface area contributed by atoms with Crippen molar-refractivity contribution in [2.75, 3.05) is 6.54 Å². The van der Waals surface area contributed by atoms with E-state index in [0.29, 0.717) is 19.3 Å². The van der Waals surface area contributed by atoms with Crippen LogP contribution in [0.5, 0.6) is 0 Å². The van der Waals surface area contributed by atoms with Gasteiger partial charge in [0.25, 0.3) is 5.91 Å². The molecular weight excluding hydrogens is 484 g/mol. The van der Waals surface area contributed by atoms with Crippen molar-refractivity contribution < 1.29 is 28.6 Å². The van der Waals surface area contributed by atoms with Crippen LogP contribution < -0.4 is 0 Å². The fraction of sp³-hybridized carbons (Fsp3) is 0.429. The molecule has 3 atom stereocenters. The van der Waals surface area contributed by atoms with Gasteiger partial charge in [-0.25, -0.2) is 4.79 Å². The Balaban J connectivity index is 1.49. The van der Waals surface area contributed by atoms with Crippen molar-refractivity contribution in [3.8, 4) is 11.8 Å². The molecule has 1 aliphatic heterocycles. The quantitative estimate of drug-likeness (QED) is 0.319. The molecule has 0 bridgehead atoms. The van der Waals surface area contributed by atoms with Crippen molar-refractivity contribution in [1.29, 1.82) is 0 Å². The molecule has 2 aromatic rings. The molecule has 1 aliphatic rings. The molecule has 1 fully saturated rings. The number of carboxylic acid groups (broad SMARTS) is 1. The van der Waals surface area contributed by atoms with E-state index in [2.05, 4.69) is 24.0 Å². The summed E-state index contributed by atoms with van der Waals surface area (Å²) in [6, 6.07) is 12.5. The van der Waals surface area contributed by atoms with Crippen LogP contribution in [0.25, 0.3) is 0 Å². The highest BCUT2D eigenvalue weighted by Crippen LogP contribution is 2.34.